The Hall–Kier alpha value is -3.16. The number of piperazine rings is 1. The van der Waals surface area contributed by atoms with Gasteiger partial charge in [-0.25, -0.2) is 0 Å². The third-order valence-electron chi connectivity index (χ3n) is 5.61. The average molecular weight is 422 g/mol. The van der Waals surface area contributed by atoms with E-state index in [0.29, 0.717) is 47.7 Å². The summed E-state index contributed by atoms with van der Waals surface area (Å²) in [5.74, 6) is 0.938. The number of amides is 1. The summed E-state index contributed by atoms with van der Waals surface area (Å²) in [5.41, 5.74) is 1.72. The van der Waals surface area contributed by atoms with Crippen molar-refractivity contribution in [1.82, 2.24) is 9.80 Å². The third-order valence-corrected chi connectivity index (χ3v) is 5.61. The summed E-state index contributed by atoms with van der Waals surface area (Å²) >= 11 is 0. The molecule has 1 N–H and O–H groups in total. The molecule has 1 fully saturated rings. The van der Waals surface area contributed by atoms with E-state index in [9.17, 15) is 9.59 Å². The van der Waals surface area contributed by atoms with Crippen molar-refractivity contribution in [2.24, 2.45) is 0 Å². The fourth-order valence-corrected chi connectivity index (χ4v) is 3.91. The first-order valence-corrected chi connectivity index (χ1v) is 10.4. The van der Waals surface area contributed by atoms with Gasteiger partial charge in [-0.3, -0.25) is 14.5 Å². The van der Waals surface area contributed by atoms with Crippen LogP contribution in [0.4, 0.5) is 0 Å². The number of aliphatic hydroxyl groups is 1. The van der Waals surface area contributed by atoms with E-state index in [4.69, 9.17) is 14.3 Å². The Morgan fingerprint density at radius 3 is 2.55 bits per heavy atom. The molecule has 0 atom stereocenters. The Morgan fingerprint density at radius 1 is 1.10 bits per heavy atom. The first-order valence-electron chi connectivity index (χ1n) is 10.4. The average Bonchev–Trinajstić information content (AvgIpc) is 2.79. The number of fused-ring (bicyclic) bond motifs is 1. The fourth-order valence-electron chi connectivity index (χ4n) is 3.91. The number of carbonyl (C=O) groups excluding carboxylic acids is 1. The highest BCUT2D eigenvalue weighted by molar-refractivity contribution is 5.84. The predicted octanol–water partition coefficient (Wildman–Crippen LogP) is 2.28. The molecule has 1 aliphatic heterocycles. The van der Waals surface area contributed by atoms with Gasteiger partial charge in [0.25, 0.3) is 5.91 Å². The first-order chi connectivity index (χ1) is 15.1. The van der Waals surface area contributed by atoms with E-state index in [0.717, 1.165) is 18.7 Å². The van der Waals surface area contributed by atoms with Crippen LogP contribution in [0.5, 0.6) is 5.75 Å². The van der Waals surface area contributed by atoms with Gasteiger partial charge in [0.1, 0.15) is 17.1 Å². The number of rotatable bonds is 6. The van der Waals surface area contributed by atoms with Crippen LogP contribution in [0.1, 0.15) is 5.76 Å². The zero-order chi connectivity index (χ0) is 21.8. The number of carbonyl (C=O) groups is 1. The van der Waals surface area contributed by atoms with E-state index in [1.165, 1.54) is 0 Å². The Kier molecular flexibility index (Phi) is 6.34. The predicted molar refractivity (Wildman–Crippen MR) is 118 cm³/mol. The largest absolute Gasteiger partial charge is 0.484 e. The van der Waals surface area contributed by atoms with Crippen molar-refractivity contribution in [3.63, 3.8) is 0 Å². The van der Waals surface area contributed by atoms with Gasteiger partial charge in [0.15, 0.2) is 6.61 Å². The van der Waals surface area contributed by atoms with Gasteiger partial charge >= 0.3 is 0 Å². The van der Waals surface area contributed by atoms with Gasteiger partial charge < -0.3 is 19.2 Å². The smallest absolute Gasteiger partial charge is 0.260 e. The minimum Gasteiger partial charge on any atom is -0.484 e. The molecule has 0 bridgehead atoms. The van der Waals surface area contributed by atoms with E-state index in [1.54, 1.807) is 30.0 Å². The summed E-state index contributed by atoms with van der Waals surface area (Å²) in [5, 5.41) is 9.49. The molecule has 31 heavy (non-hydrogen) atoms. The Balaban J connectivity index is 1.46. The maximum Gasteiger partial charge on any atom is 0.260 e. The van der Waals surface area contributed by atoms with Gasteiger partial charge in [0, 0.05) is 38.8 Å². The molecule has 162 valence electrons. The molecule has 1 saturated heterocycles. The number of benzene rings is 2. The normalized spacial score (nSPS) is 14.7. The summed E-state index contributed by atoms with van der Waals surface area (Å²) in [6.07, 6.45) is 0. The molecule has 4 rings (SSSR count). The maximum atomic E-state index is 13.0. The van der Waals surface area contributed by atoms with Crippen LogP contribution in [-0.4, -0.2) is 66.8 Å². The number of hydrogen-bond acceptors (Lipinski definition) is 6. The van der Waals surface area contributed by atoms with E-state index in [-0.39, 0.29) is 24.5 Å². The molecule has 2 heterocycles. The highest BCUT2D eigenvalue weighted by Gasteiger charge is 2.21. The van der Waals surface area contributed by atoms with Crippen molar-refractivity contribution in [3.05, 3.63) is 64.5 Å². The van der Waals surface area contributed by atoms with E-state index in [1.807, 2.05) is 30.3 Å². The number of β-amino-alcohol motifs (C(OH)–C–C–N with tert-alkyl or cyclic N) is 1. The van der Waals surface area contributed by atoms with Gasteiger partial charge in [-0.1, -0.05) is 30.3 Å². The topological polar surface area (TPSA) is 83.2 Å². The van der Waals surface area contributed by atoms with Crippen LogP contribution >= 0.6 is 0 Å². The van der Waals surface area contributed by atoms with Crippen molar-refractivity contribution < 1.29 is 19.1 Å². The van der Waals surface area contributed by atoms with Crippen LogP contribution in [-0.2, 0) is 4.79 Å². The molecule has 0 aliphatic carbocycles. The minimum atomic E-state index is -0.0895. The quantitative estimate of drug-likeness (QED) is 0.656. The van der Waals surface area contributed by atoms with Crippen LogP contribution < -0.4 is 10.2 Å². The van der Waals surface area contributed by atoms with Crippen molar-refractivity contribution in [3.8, 4) is 16.9 Å². The molecule has 2 aromatic carbocycles. The number of aryl methyl sites for hydroxylation is 1. The highest BCUT2D eigenvalue weighted by atomic mass is 16.5. The number of ether oxygens (including phenoxy) is 1. The number of aliphatic hydroxyl groups excluding tert-OH is 1. The lowest BCUT2D eigenvalue weighted by atomic mass is 10.0. The molecule has 1 amide bonds. The standard InChI is InChI=1S/C24H26N2O5/c1-17-23(18-5-3-2-4-6-18)24(29)20-8-7-19(15-21(20)31-17)30-16-22(28)26-11-9-25(10-12-26)13-14-27/h2-8,15,27H,9-14,16H2,1H3. The van der Waals surface area contributed by atoms with Crippen LogP contribution in [0.3, 0.4) is 0 Å². The lowest BCUT2D eigenvalue weighted by Crippen LogP contribution is -2.50. The highest BCUT2D eigenvalue weighted by Crippen LogP contribution is 2.26. The van der Waals surface area contributed by atoms with E-state index >= 15 is 0 Å². The van der Waals surface area contributed by atoms with Crippen LogP contribution in [0.2, 0.25) is 0 Å². The Bertz CT molecular complexity index is 1120. The second-order valence-electron chi connectivity index (χ2n) is 7.62. The molecule has 1 aromatic heterocycles. The van der Waals surface area contributed by atoms with Gasteiger partial charge in [0.05, 0.1) is 17.6 Å². The van der Waals surface area contributed by atoms with Gasteiger partial charge in [0.2, 0.25) is 5.43 Å². The zero-order valence-electron chi connectivity index (χ0n) is 17.5. The monoisotopic (exact) mass is 422 g/mol. The van der Waals surface area contributed by atoms with Crippen LogP contribution in [0.15, 0.2) is 57.7 Å². The second kappa shape index (κ2) is 9.32. The second-order valence-corrected chi connectivity index (χ2v) is 7.62. The zero-order valence-corrected chi connectivity index (χ0v) is 17.5. The molecule has 7 nitrogen and oxygen atoms in total. The molecule has 7 heteroatoms. The molecular weight excluding hydrogens is 396 g/mol. The van der Waals surface area contributed by atoms with Crippen LogP contribution in [0, 0.1) is 6.92 Å². The Labute approximate surface area is 180 Å². The van der Waals surface area contributed by atoms with Gasteiger partial charge in [-0.15, -0.1) is 0 Å². The molecule has 0 spiro atoms. The molecular formula is C24H26N2O5. The molecule has 0 saturated carbocycles. The van der Waals surface area contributed by atoms with Crippen molar-refractivity contribution >= 4 is 16.9 Å². The first kappa shape index (κ1) is 21.1. The maximum absolute atomic E-state index is 13.0. The van der Waals surface area contributed by atoms with E-state index < -0.39 is 0 Å². The Morgan fingerprint density at radius 2 is 1.84 bits per heavy atom. The molecule has 3 aromatic rings. The summed E-state index contributed by atoms with van der Waals surface area (Å²) in [7, 11) is 0. The molecule has 0 unspecified atom stereocenters. The van der Waals surface area contributed by atoms with Gasteiger partial charge in [-0.05, 0) is 24.6 Å². The summed E-state index contributed by atoms with van der Waals surface area (Å²) in [6.45, 7) is 5.20. The van der Waals surface area contributed by atoms with Crippen molar-refractivity contribution in [1.29, 1.82) is 0 Å². The summed E-state index contributed by atoms with van der Waals surface area (Å²) in [4.78, 5) is 29.4. The fraction of sp³-hybridized carbons (Fsp3) is 0.333. The van der Waals surface area contributed by atoms with Crippen molar-refractivity contribution in [2.75, 3.05) is 45.9 Å². The molecule has 0 radical (unpaired) electrons. The number of nitrogens with zero attached hydrogens (tertiary/aromatic N) is 2. The summed E-state index contributed by atoms with van der Waals surface area (Å²) in [6, 6.07) is 14.5. The van der Waals surface area contributed by atoms with E-state index in [2.05, 4.69) is 4.90 Å². The van der Waals surface area contributed by atoms with Crippen LogP contribution in [0.25, 0.3) is 22.1 Å². The molecule has 1 aliphatic rings. The summed E-state index contributed by atoms with van der Waals surface area (Å²) < 4.78 is 11.6. The lowest BCUT2D eigenvalue weighted by molar-refractivity contribution is -0.135. The minimum absolute atomic E-state index is 0.0726. The number of hydrogen-bond donors (Lipinski definition) is 1. The van der Waals surface area contributed by atoms with Crippen molar-refractivity contribution in [2.45, 2.75) is 6.92 Å². The lowest BCUT2D eigenvalue weighted by Gasteiger charge is -2.34. The third kappa shape index (κ3) is 4.62. The SMILES string of the molecule is Cc1oc2cc(OCC(=O)N3CCN(CCO)CC3)ccc2c(=O)c1-c1ccccc1. The van der Waals surface area contributed by atoms with Gasteiger partial charge in [-0.2, -0.15) is 0 Å².